The second kappa shape index (κ2) is 4.49. The topological polar surface area (TPSA) is 83.5 Å². The highest BCUT2D eigenvalue weighted by atomic mass is 32.2. The number of hydrogen-bond donors (Lipinski definition) is 2. The monoisotopic (exact) mass is 305 g/mol. The van der Waals surface area contributed by atoms with Gasteiger partial charge in [-0.2, -0.15) is 0 Å². The normalized spacial score (nSPS) is 20.1. The van der Waals surface area contributed by atoms with Gasteiger partial charge in [0.15, 0.2) is 0 Å². The molecule has 0 heterocycles. The number of halogens is 2. The molecule has 1 aromatic rings. The molecule has 1 aliphatic rings. The summed E-state index contributed by atoms with van der Waals surface area (Å²) in [7, 11) is -3.95. The van der Waals surface area contributed by atoms with Gasteiger partial charge in [0.2, 0.25) is 10.0 Å². The average Bonchev–Trinajstić information content (AvgIpc) is 2.25. The van der Waals surface area contributed by atoms with Crippen LogP contribution in [0.15, 0.2) is 29.2 Å². The molecule has 0 unspecified atom stereocenters. The van der Waals surface area contributed by atoms with Crippen molar-refractivity contribution in [3.05, 3.63) is 29.8 Å². The molecule has 0 aromatic heterocycles. The van der Waals surface area contributed by atoms with Crippen molar-refractivity contribution < 1.29 is 27.1 Å². The van der Waals surface area contributed by atoms with Crippen LogP contribution in [0.3, 0.4) is 0 Å². The Hall–Kier alpha value is -1.54. The van der Waals surface area contributed by atoms with Gasteiger partial charge < -0.3 is 5.11 Å². The summed E-state index contributed by atoms with van der Waals surface area (Å²) in [6.45, 7) is 1.41. The molecule has 0 radical (unpaired) electrons. The number of sulfonamides is 1. The SMILES string of the molecule is CC1(NS(=O)(=O)c2ccc(C(=O)O)cc2)CC(F)(F)C1. The number of rotatable bonds is 4. The van der Waals surface area contributed by atoms with Crippen molar-refractivity contribution in [1.29, 1.82) is 0 Å². The number of carboxylic acid groups (broad SMARTS) is 1. The van der Waals surface area contributed by atoms with Crippen LogP contribution in [0.2, 0.25) is 0 Å². The highest BCUT2D eigenvalue weighted by Crippen LogP contribution is 2.45. The Morgan fingerprint density at radius 3 is 2.15 bits per heavy atom. The van der Waals surface area contributed by atoms with Crippen LogP contribution in [0.1, 0.15) is 30.1 Å². The summed E-state index contributed by atoms with van der Waals surface area (Å²) in [5.41, 5.74) is -1.22. The van der Waals surface area contributed by atoms with E-state index in [0.29, 0.717) is 0 Å². The lowest BCUT2D eigenvalue weighted by molar-refractivity contribution is -0.121. The summed E-state index contributed by atoms with van der Waals surface area (Å²) in [5, 5.41) is 8.72. The fourth-order valence-corrected chi connectivity index (χ4v) is 3.73. The Bertz CT molecular complexity index is 632. The number of aromatic carboxylic acids is 1. The van der Waals surface area contributed by atoms with Crippen LogP contribution in [0.4, 0.5) is 8.78 Å². The number of carboxylic acids is 1. The fraction of sp³-hybridized carbons (Fsp3) is 0.417. The first-order chi connectivity index (χ1) is 9.03. The number of alkyl halides is 2. The summed E-state index contributed by atoms with van der Waals surface area (Å²) in [4.78, 5) is 10.5. The molecule has 2 rings (SSSR count). The molecule has 1 saturated carbocycles. The fourth-order valence-electron chi connectivity index (χ4n) is 2.32. The minimum atomic E-state index is -3.95. The van der Waals surface area contributed by atoms with Crippen molar-refractivity contribution in [2.45, 2.75) is 36.1 Å². The molecule has 0 saturated heterocycles. The van der Waals surface area contributed by atoms with Crippen molar-refractivity contribution in [1.82, 2.24) is 4.72 Å². The van der Waals surface area contributed by atoms with Gasteiger partial charge in [-0.3, -0.25) is 0 Å². The number of carbonyl (C=O) groups is 1. The highest BCUT2D eigenvalue weighted by molar-refractivity contribution is 7.89. The van der Waals surface area contributed by atoms with Crippen molar-refractivity contribution in [2.24, 2.45) is 0 Å². The maximum absolute atomic E-state index is 12.9. The molecule has 0 bridgehead atoms. The predicted molar refractivity (Wildman–Crippen MR) is 66.3 cm³/mol. The van der Waals surface area contributed by atoms with Crippen LogP contribution in [-0.2, 0) is 10.0 Å². The lowest BCUT2D eigenvalue weighted by Crippen LogP contribution is -2.60. The van der Waals surface area contributed by atoms with Crippen molar-refractivity contribution >= 4 is 16.0 Å². The Balaban J connectivity index is 2.17. The standard InChI is InChI=1S/C12H13F2NO4S/c1-11(6-12(13,14)7-11)15-20(18,19)9-4-2-8(3-5-9)10(16)17/h2-5,15H,6-7H2,1H3,(H,16,17). The number of nitrogens with one attached hydrogen (secondary N) is 1. The summed E-state index contributed by atoms with van der Waals surface area (Å²) in [6, 6.07) is 4.56. The minimum Gasteiger partial charge on any atom is -0.478 e. The summed E-state index contributed by atoms with van der Waals surface area (Å²) < 4.78 is 52.0. The highest BCUT2D eigenvalue weighted by Gasteiger charge is 2.55. The lowest BCUT2D eigenvalue weighted by atomic mass is 9.76. The molecule has 8 heteroatoms. The smallest absolute Gasteiger partial charge is 0.335 e. The largest absolute Gasteiger partial charge is 0.478 e. The zero-order chi connectivity index (χ0) is 15.2. The lowest BCUT2D eigenvalue weighted by Gasteiger charge is -2.44. The third-order valence-corrected chi connectivity index (χ3v) is 4.74. The van der Waals surface area contributed by atoms with Crippen LogP contribution in [0.25, 0.3) is 0 Å². The maximum atomic E-state index is 12.9. The van der Waals surface area contributed by atoms with Crippen LogP contribution in [0, 0.1) is 0 Å². The van der Waals surface area contributed by atoms with E-state index in [4.69, 9.17) is 5.11 Å². The van der Waals surface area contributed by atoms with E-state index in [2.05, 4.69) is 4.72 Å². The third kappa shape index (κ3) is 2.96. The predicted octanol–water partition coefficient (Wildman–Crippen LogP) is 1.85. The van der Waals surface area contributed by atoms with E-state index in [-0.39, 0.29) is 10.5 Å². The zero-order valence-electron chi connectivity index (χ0n) is 10.6. The van der Waals surface area contributed by atoms with Crippen molar-refractivity contribution in [2.75, 3.05) is 0 Å². The van der Waals surface area contributed by atoms with Gasteiger partial charge in [-0.05, 0) is 31.2 Å². The van der Waals surface area contributed by atoms with E-state index in [1.54, 1.807) is 0 Å². The van der Waals surface area contributed by atoms with Gasteiger partial charge in [-0.1, -0.05) is 0 Å². The maximum Gasteiger partial charge on any atom is 0.335 e. The third-order valence-electron chi connectivity index (χ3n) is 3.09. The van der Waals surface area contributed by atoms with E-state index < -0.39 is 40.3 Å². The van der Waals surface area contributed by atoms with Gasteiger partial charge in [0.05, 0.1) is 10.5 Å². The number of benzene rings is 1. The zero-order valence-corrected chi connectivity index (χ0v) is 11.4. The van der Waals surface area contributed by atoms with Crippen LogP contribution < -0.4 is 4.72 Å². The molecule has 20 heavy (non-hydrogen) atoms. The van der Waals surface area contributed by atoms with Gasteiger partial charge in [0, 0.05) is 18.4 Å². The van der Waals surface area contributed by atoms with Gasteiger partial charge >= 0.3 is 5.97 Å². The van der Waals surface area contributed by atoms with E-state index >= 15 is 0 Å². The van der Waals surface area contributed by atoms with Gasteiger partial charge in [0.1, 0.15) is 0 Å². The second-order valence-corrected chi connectivity index (χ2v) is 6.89. The molecule has 1 aliphatic carbocycles. The molecule has 0 atom stereocenters. The summed E-state index contributed by atoms with van der Waals surface area (Å²) in [6.07, 6.45) is -1.10. The first-order valence-corrected chi connectivity index (χ1v) is 7.27. The molecule has 2 N–H and O–H groups in total. The van der Waals surface area contributed by atoms with E-state index in [0.717, 1.165) is 24.3 Å². The number of hydrogen-bond acceptors (Lipinski definition) is 3. The molecule has 0 spiro atoms. The summed E-state index contributed by atoms with van der Waals surface area (Å²) >= 11 is 0. The summed E-state index contributed by atoms with van der Waals surface area (Å²) in [5.74, 6) is -4.02. The van der Waals surface area contributed by atoms with Crippen molar-refractivity contribution in [3.8, 4) is 0 Å². The quantitative estimate of drug-likeness (QED) is 0.889. The first-order valence-electron chi connectivity index (χ1n) is 5.78. The molecule has 0 aliphatic heterocycles. The molecule has 1 aromatic carbocycles. The second-order valence-electron chi connectivity index (χ2n) is 5.21. The van der Waals surface area contributed by atoms with E-state index in [1.165, 1.54) is 6.92 Å². The molecular weight excluding hydrogens is 292 g/mol. The average molecular weight is 305 g/mol. The molecule has 0 amide bonds. The van der Waals surface area contributed by atoms with Gasteiger partial charge in [-0.25, -0.2) is 26.7 Å². The first kappa shape index (κ1) is 14.9. The van der Waals surface area contributed by atoms with Gasteiger partial charge in [0.25, 0.3) is 5.92 Å². The molecular formula is C12H13F2NO4S. The van der Waals surface area contributed by atoms with Gasteiger partial charge in [-0.15, -0.1) is 0 Å². The minimum absolute atomic E-state index is 0.0506. The van der Waals surface area contributed by atoms with Crippen LogP contribution in [0.5, 0.6) is 0 Å². The molecule has 1 fully saturated rings. The molecule has 110 valence electrons. The van der Waals surface area contributed by atoms with E-state index in [1.807, 2.05) is 0 Å². The van der Waals surface area contributed by atoms with Crippen LogP contribution in [-0.4, -0.2) is 31.0 Å². The molecule has 5 nitrogen and oxygen atoms in total. The van der Waals surface area contributed by atoms with Crippen LogP contribution >= 0.6 is 0 Å². The van der Waals surface area contributed by atoms with Crippen molar-refractivity contribution in [3.63, 3.8) is 0 Å². The Labute approximate surface area is 114 Å². The Morgan fingerprint density at radius 1 is 1.25 bits per heavy atom. The Morgan fingerprint density at radius 2 is 1.75 bits per heavy atom. The Kier molecular flexibility index (Phi) is 3.34. The van der Waals surface area contributed by atoms with E-state index in [9.17, 15) is 22.0 Å².